The van der Waals surface area contributed by atoms with Gasteiger partial charge in [-0.25, -0.2) is 0 Å². The lowest BCUT2D eigenvalue weighted by Crippen LogP contribution is -2.51. The summed E-state index contributed by atoms with van der Waals surface area (Å²) in [6.45, 7) is 4.55. The van der Waals surface area contributed by atoms with Gasteiger partial charge in [0.1, 0.15) is 0 Å². The first-order valence-corrected chi connectivity index (χ1v) is 10.2. The number of likely N-dealkylation sites (tertiary alicyclic amines) is 1. The van der Waals surface area contributed by atoms with Crippen molar-refractivity contribution in [1.82, 2.24) is 20.4 Å². The van der Waals surface area contributed by atoms with E-state index >= 15 is 0 Å². The van der Waals surface area contributed by atoms with Crippen LogP contribution in [0.5, 0.6) is 0 Å². The van der Waals surface area contributed by atoms with Crippen molar-refractivity contribution in [3.8, 4) is 0 Å². The summed E-state index contributed by atoms with van der Waals surface area (Å²) >= 11 is 6.05. The standard InChI is InChI=1S/C20H29ClN4O2/c21-17-7-5-16(6-8-17)18(25-10-3-1-2-4-11-25)13-23-20(27)15-24-12-9-22-19(26)14-24/h5-8,18H,1-4,9-15H2,(H,22,26)(H,23,27)/t18-/m0/s1. The van der Waals surface area contributed by atoms with E-state index in [2.05, 4.69) is 27.7 Å². The van der Waals surface area contributed by atoms with Crippen molar-refractivity contribution in [2.24, 2.45) is 0 Å². The van der Waals surface area contributed by atoms with Crippen molar-refractivity contribution in [3.05, 3.63) is 34.9 Å². The van der Waals surface area contributed by atoms with E-state index < -0.39 is 0 Å². The zero-order chi connectivity index (χ0) is 19.1. The molecule has 0 aliphatic carbocycles. The molecule has 2 N–H and O–H groups in total. The summed E-state index contributed by atoms with van der Waals surface area (Å²) in [6.07, 6.45) is 4.93. The zero-order valence-corrected chi connectivity index (χ0v) is 16.5. The van der Waals surface area contributed by atoms with E-state index in [1.807, 2.05) is 17.0 Å². The van der Waals surface area contributed by atoms with E-state index in [-0.39, 0.29) is 24.4 Å². The van der Waals surface area contributed by atoms with Gasteiger partial charge in [0, 0.05) is 24.7 Å². The number of hydrogen-bond donors (Lipinski definition) is 2. The Bertz CT molecular complexity index is 629. The molecule has 0 aromatic heterocycles. The van der Waals surface area contributed by atoms with E-state index in [1.165, 1.54) is 31.2 Å². The number of nitrogens with one attached hydrogen (secondary N) is 2. The fourth-order valence-electron chi connectivity index (χ4n) is 3.85. The molecule has 0 bridgehead atoms. The van der Waals surface area contributed by atoms with Gasteiger partial charge in [0.15, 0.2) is 0 Å². The molecule has 1 aromatic rings. The van der Waals surface area contributed by atoms with Crippen LogP contribution in [0.4, 0.5) is 0 Å². The highest BCUT2D eigenvalue weighted by Gasteiger charge is 2.23. The summed E-state index contributed by atoms with van der Waals surface area (Å²) in [5.74, 6) is -0.0452. The Balaban J connectivity index is 1.61. The molecule has 1 aromatic carbocycles. The molecule has 2 saturated heterocycles. The molecule has 2 aliphatic rings. The number of nitrogens with zero attached hydrogens (tertiary/aromatic N) is 2. The summed E-state index contributed by atoms with van der Waals surface area (Å²) in [5, 5.41) is 6.59. The van der Waals surface area contributed by atoms with Crippen LogP contribution >= 0.6 is 11.6 Å². The van der Waals surface area contributed by atoms with E-state index in [1.54, 1.807) is 0 Å². The second-order valence-corrected chi connectivity index (χ2v) is 7.82. The lowest BCUT2D eigenvalue weighted by molar-refractivity contribution is -0.127. The fourth-order valence-corrected chi connectivity index (χ4v) is 3.97. The normalized spacial score (nSPS) is 20.6. The second-order valence-electron chi connectivity index (χ2n) is 7.38. The molecule has 3 rings (SSSR count). The fraction of sp³-hybridized carbons (Fsp3) is 0.600. The number of carbonyl (C=O) groups excluding carboxylic acids is 2. The van der Waals surface area contributed by atoms with Gasteiger partial charge in [-0.2, -0.15) is 0 Å². The summed E-state index contributed by atoms with van der Waals surface area (Å²) in [7, 11) is 0. The van der Waals surface area contributed by atoms with Crippen LogP contribution in [0.2, 0.25) is 5.02 Å². The van der Waals surface area contributed by atoms with Crippen LogP contribution in [0, 0.1) is 0 Å². The minimum Gasteiger partial charge on any atom is -0.354 e. The Hall–Kier alpha value is -1.63. The smallest absolute Gasteiger partial charge is 0.234 e. The van der Waals surface area contributed by atoms with E-state index in [0.29, 0.717) is 26.2 Å². The van der Waals surface area contributed by atoms with Crippen LogP contribution in [-0.4, -0.2) is 67.4 Å². The molecule has 0 radical (unpaired) electrons. The van der Waals surface area contributed by atoms with Gasteiger partial charge >= 0.3 is 0 Å². The molecule has 7 heteroatoms. The molecule has 6 nitrogen and oxygen atoms in total. The Labute approximate surface area is 166 Å². The number of carbonyl (C=O) groups is 2. The van der Waals surface area contributed by atoms with E-state index in [9.17, 15) is 9.59 Å². The maximum atomic E-state index is 12.4. The first kappa shape index (κ1) is 20.1. The molecule has 0 saturated carbocycles. The Kier molecular flexibility index (Phi) is 7.50. The lowest BCUT2D eigenvalue weighted by Gasteiger charge is -2.32. The third-order valence-corrected chi connectivity index (χ3v) is 5.57. The zero-order valence-electron chi connectivity index (χ0n) is 15.8. The van der Waals surface area contributed by atoms with Crippen LogP contribution in [-0.2, 0) is 9.59 Å². The minimum atomic E-state index is -0.0292. The first-order valence-electron chi connectivity index (χ1n) is 9.87. The van der Waals surface area contributed by atoms with Crippen LogP contribution < -0.4 is 10.6 Å². The van der Waals surface area contributed by atoms with Crippen molar-refractivity contribution < 1.29 is 9.59 Å². The maximum absolute atomic E-state index is 12.4. The van der Waals surface area contributed by atoms with Crippen LogP contribution in [0.25, 0.3) is 0 Å². The molecule has 2 fully saturated rings. The second kappa shape index (κ2) is 10.1. The Morgan fingerprint density at radius 2 is 1.81 bits per heavy atom. The van der Waals surface area contributed by atoms with Gasteiger partial charge in [-0.05, 0) is 43.6 Å². The summed E-state index contributed by atoms with van der Waals surface area (Å²) in [5.41, 5.74) is 1.18. The molecule has 1 atom stereocenters. The van der Waals surface area contributed by atoms with Crippen LogP contribution in [0.15, 0.2) is 24.3 Å². The number of hydrogen-bond acceptors (Lipinski definition) is 4. The summed E-state index contributed by atoms with van der Waals surface area (Å²) in [6, 6.07) is 8.08. The molecule has 27 heavy (non-hydrogen) atoms. The SMILES string of the molecule is O=C1CN(CC(=O)NC[C@@H](c2ccc(Cl)cc2)N2CCCCCC2)CCN1. The van der Waals surface area contributed by atoms with Gasteiger partial charge in [-0.15, -0.1) is 0 Å². The van der Waals surface area contributed by atoms with Crippen molar-refractivity contribution in [3.63, 3.8) is 0 Å². The molecule has 0 spiro atoms. The highest BCUT2D eigenvalue weighted by molar-refractivity contribution is 6.30. The predicted octanol–water partition coefficient (Wildman–Crippen LogP) is 1.81. The third kappa shape index (κ3) is 6.19. The van der Waals surface area contributed by atoms with Crippen LogP contribution in [0.3, 0.4) is 0 Å². The Morgan fingerprint density at radius 3 is 2.48 bits per heavy atom. The van der Waals surface area contributed by atoms with Gasteiger partial charge in [-0.3, -0.25) is 19.4 Å². The molecular weight excluding hydrogens is 364 g/mol. The number of halogens is 1. The molecule has 0 unspecified atom stereocenters. The molecule has 2 amide bonds. The number of piperazine rings is 1. The van der Waals surface area contributed by atoms with Gasteiger partial charge < -0.3 is 10.6 Å². The third-order valence-electron chi connectivity index (χ3n) is 5.31. The highest BCUT2D eigenvalue weighted by Crippen LogP contribution is 2.25. The van der Waals surface area contributed by atoms with Crippen molar-refractivity contribution in [2.45, 2.75) is 31.7 Å². The molecule has 2 aliphatic heterocycles. The number of benzene rings is 1. The average molecular weight is 393 g/mol. The number of amides is 2. The van der Waals surface area contributed by atoms with E-state index in [0.717, 1.165) is 18.1 Å². The largest absolute Gasteiger partial charge is 0.354 e. The quantitative estimate of drug-likeness (QED) is 0.774. The van der Waals surface area contributed by atoms with Crippen molar-refractivity contribution >= 4 is 23.4 Å². The predicted molar refractivity (Wildman–Crippen MR) is 107 cm³/mol. The molecule has 148 valence electrons. The highest BCUT2D eigenvalue weighted by atomic mass is 35.5. The maximum Gasteiger partial charge on any atom is 0.234 e. The summed E-state index contributed by atoms with van der Waals surface area (Å²) in [4.78, 5) is 28.3. The lowest BCUT2D eigenvalue weighted by atomic mass is 10.0. The topological polar surface area (TPSA) is 64.7 Å². The van der Waals surface area contributed by atoms with Gasteiger partial charge in [0.25, 0.3) is 0 Å². The van der Waals surface area contributed by atoms with Gasteiger partial charge in [-0.1, -0.05) is 36.6 Å². The average Bonchev–Trinajstić information content (AvgIpc) is 2.93. The Morgan fingerprint density at radius 1 is 1.11 bits per heavy atom. The van der Waals surface area contributed by atoms with E-state index in [4.69, 9.17) is 11.6 Å². The number of rotatable bonds is 6. The molecule has 2 heterocycles. The van der Waals surface area contributed by atoms with Crippen LogP contribution in [0.1, 0.15) is 37.3 Å². The first-order chi connectivity index (χ1) is 13.1. The monoisotopic (exact) mass is 392 g/mol. The van der Waals surface area contributed by atoms with Crippen molar-refractivity contribution in [1.29, 1.82) is 0 Å². The minimum absolute atomic E-state index is 0.0161. The molecular formula is C20H29ClN4O2. The van der Waals surface area contributed by atoms with Gasteiger partial charge in [0.2, 0.25) is 11.8 Å². The van der Waals surface area contributed by atoms with Gasteiger partial charge in [0.05, 0.1) is 19.1 Å². The summed E-state index contributed by atoms with van der Waals surface area (Å²) < 4.78 is 0. The van der Waals surface area contributed by atoms with Crippen molar-refractivity contribution in [2.75, 3.05) is 45.8 Å².